The van der Waals surface area contributed by atoms with E-state index in [-0.39, 0.29) is 54.2 Å². The largest absolute Gasteiger partial charge is 0.374 e. The Morgan fingerprint density at radius 3 is 2.54 bits per heavy atom. The van der Waals surface area contributed by atoms with Gasteiger partial charge in [-0.2, -0.15) is 10.2 Å². The first-order valence-electron chi connectivity index (χ1n) is 21.0. The minimum Gasteiger partial charge on any atom is -0.374 e. The van der Waals surface area contributed by atoms with Crippen LogP contribution < -0.4 is 20.9 Å². The first kappa shape index (κ1) is 39.3. The summed E-state index contributed by atoms with van der Waals surface area (Å²) in [7, 11) is 0. The molecule has 5 aliphatic rings. The lowest BCUT2D eigenvalue weighted by Crippen LogP contribution is -2.49. The third-order valence-corrected chi connectivity index (χ3v) is 12.9. The Bertz CT molecular complexity index is 2490. The molecule has 61 heavy (non-hydrogen) atoms. The third-order valence-electron chi connectivity index (χ3n) is 12.9. The highest BCUT2D eigenvalue weighted by atomic mass is 19.3. The van der Waals surface area contributed by atoms with Crippen LogP contribution in [0.2, 0.25) is 0 Å². The number of benzene rings is 1. The molecule has 1 aliphatic carbocycles. The molecule has 5 fully saturated rings. The van der Waals surface area contributed by atoms with Crippen molar-refractivity contribution < 1.29 is 37.2 Å². The number of hydrogen-bond acceptors (Lipinski definition) is 13. The fraction of sp³-hybridized carbons (Fsp3) is 0.512. The summed E-state index contributed by atoms with van der Waals surface area (Å²) in [6.45, 7) is 5.59. The molecule has 3 N–H and O–H groups in total. The molecule has 4 aliphatic heterocycles. The zero-order chi connectivity index (χ0) is 41.8. The Hall–Kier alpha value is -5.86. The van der Waals surface area contributed by atoms with E-state index in [0.29, 0.717) is 46.9 Å². The molecule has 0 radical (unpaired) electrons. The number of imide groups is 1. The van der Waals surface area contributed by atoms with Crippen molar-refractivity contribution in [2.75, 3.05) is 68.0 Å². The molecular weight excluding hydrogens is 795 g/mol. The molecule has 5 aromatic rings. The van der Waals surface area contributed by atoms with Crippen LogP contribution in [0.3, 0.4) is 0 Å². The van der Waals surface area contributed by atoms with E-state index >= 15 is 0 Å². The summed E-state index contributed by atoms with van der Waals surface area (Å²) in [5.74, 6) is -0.905. The predicted octanol–water partition coefficient (Wildman–Crippen LogP) is 3.74. The first-order valence-corrected chi connectivity index (χ1v) is 21.0. The van der Waals surface area contributed by atoms with Crippen LogP contribution in [0.15, 0.2) is 47.4 Å². The summed E-state index contributed by atoms with van der Waals surface area (Å²) in [5, 5.41) is 21.3. The molecule has 1 aromatic carbocycles. The van der Waals surface area contributed by atoms with E-state index in [2.05, 4.69) is 46.0 Å². The van der Waals surface area contributed by atoms with Crippen molar-refractivity contribution in [3.05, 3.63) is 59.8 Å². The van der Waals surface area contributed by atoms with Crippen molar-refractivity contribution in [1.82, 2.24) is 44.7 Å². The van der Waals surface area contributed by atoms with Gasteiger partial charge in [0, 0.05) is 63.5 Å². The molecule has 10 rings (SSSR count). The van der Waals surface area contributed by atoms with Gasteiger partial charge in [0.15, 0.2) is 16.9 Å². The zero-order valence-corrected chi connectivity index (χ0v) is 33.3. The number of fused-ring (bicyclic) bond motifs is 4. The number of piperazine rings is 1. The zero-order valence-electron chi connectivity index (χ0n) is 33.3. The molecule has 8 heterocycles. The van der Waals surface area contributed by atoms with Crippen LogP contribution in [0, 0.1) is 5.92 Å². The molecule has 0 spiro atoms. The van der Waals surface area contributed by atoms with Crippen LogP contribution in [0.4, 0.5) is 26.0 Å². The van der Waals surface area contributed by atoms with Crippen LogP contribution >= 0.6 is 0 Å². The summed E-state index contributed by atoms with van der Waals surface area (Å²) in [4.78, 5) is 62.2. The van der Waals surface area contributed by atoms with Gasteiger partial charge in [-0.05, 0) is 62.6 Å². The highest BCUT2D eigenvalue weighted by molar-refractivity contribution is 6.08. The maximum absolute atomic E-state index is 14.3. The minimum atomic E-state index is -2.87. The number of hydrogen-bond donors (Lipinski definition) is 3. The number of anilines is 3. The summed E-state index contributed by atoms with van der Waals surface area (Å²) < 4.78 is 43.0. The van der Waals surface area contributed by atoms with Crippen molar-refractivity contribution in [2.24, 2.45) is 5.92 Å². The number of nitrogens with zero attached hydrogens (tertiary/aromatic N) is 9. The summed E-state index contributed by atoms with van der Waals surface area (Å²) >= 11 is 0. The molecule has 320 valence electrons. The number of rotatable bonds is 11. The van der Waals surface area contributed by atoms with Gasteiger partial charge in [-0.25, -0.2) is 18.3 Å². The van der Waals surface area contributed by atoms with Crippen molar-refractivity contribution in [3.63, 3.8) is 0 Å². The number of nitrogens with one attached hydrogen (secondary N) is 3. The maximum Gasteiger partial charge on any atom is 0.284 e. The second-order valence-electron chi connectivity index (χ2n) is 16.8. The van der Waals surface area contributed by atoms with E-state index in [0.717, 1.165) is 77.2 Å². The van der Waals surface area contributed by atoms with E-state index < -0.39 is 29.9 Å². The van der Waals surface area contributed by atoms with Gasteiger partial charge in [-0.3, -0.25) is 34.1 Å². The molecule has 18 nitrogen and oxygen atoms in total. The van der Waals surface area contributed by atoms with Gasteiger partial charge in [0.05, 0.1) is 54.8 Å². The second-order valence-corrected chi connectivity index (χ2v) is 16.8. The molecule has 1 saturated carbocycles. The molecule has 0 unspecified atom stereocenters. The van der Waals surface area contributed by atoms with Gasteiger partial charge in [0.25, 0.3) is 12.3 Å². The molecule has 2 bridgehead atoms. The highest BCUT2D eigenvalue weighted by Gasteiger charge is 2.40. The lowest BCUT2D eigenvalue weighted by molar-refractivity contribution is -0.134. The van der Waals surface area contributed by atoms with E-state index in [1.807, 2.05) is 6.07 Å². The smallest absolute Gasteiger partial charge is 0.284 e. The summed E-state index contributed by atoms with van der Waals surface area (Å²) in [5.41, 5.74) is 1.35. The van der Waals surface area contributed by atoms with Crippen LogP contribution in [-0.2, 0) is 19.1 Å². The monoisotopic (exact) mass is 840 g/mol. The molecule has 4 amide bonds. The number of carbonyl (C=O) groups is 4. The van der Waals surface area contributed by atoms with E-state index in [1.165, 1.54) is 16.9 Å². The summed E-state index contributed by atoms with van der Waals surface area (Å²) in [6, 6.07) is 7.32. The molecule has 4 aromatic heterocycles. The number of halogens is 2. The number of carbonyl (C=O) groups excluding carboxylic acids is 4. The average molecular weight is 841 g/mol. The number of morpholine rings is 1. The van der Waals surface area contributed by atoms with Gasteiger partial charge >= 0.3 is 0 Å². The number of para-hydroxylation sites is 1. The van der Waals surface area contributed by atoms with Gasteiger partial charge in [-0.1, -0.05) is 11.2 Å². The Labute approximate surface area is 347 Å². The van der Waals surface area contributed by atoms with E-state index in [4.69, 9.17) is 14.2 Å². The predicted molar refractivity (Wildman–Crippen MR) is 215 cm³/mol. The standard InChI is InChI=1S/C41H46F2N12O6/c42-38(43)36-31(46-41(59)29-17-44-54-11-10-32(47-39(29)54)53-19-26-16-25(53)22-60-26)20-55(49-36)24-6-4-23(5-7-24)18-51-12-14-52(15-13-51)21-34(57)45-30-3-1-2-27-35(50-61-37(27)30)28-8-9-33(56)48-40(28)58/h1-3,10-11,17,20,23-26,28,38H,4-9,12-16,18-19,21-22H2,(H,45,57)(H,46,59)(H,48,56,58)/t23?,24?,25-,26-,28+/m0/s1. The Kier molecular flexibility index (Phi) is 10.4. The molecule has 4 saturated heterocycles. The fourth-order valence-corrected chi connectivity index (χ4v) is 9.66. The van der Waals surface area contributed by atoms with Crippen LogP contribution in [-0.4, -0.2) is 128 Å². The number of ether oxygens (including phenoxy) is 1. The fourth-order valence-electron chi connectivity index (χ4n) is 9.66. The summed E-state index contributed by atoms with van der Waals surface area (Å²) in [6.07, 6.45) is 6.87. The average Bonchev–Trinajstić information content (AvgIpc) is 4.11. The van der Waals surface area contributed by atoms with Gasteiger partial charge in [0.2, 0.25) is 17.7 Å². The van der Waals surface area contributed by atoms with Crippen molar-refractivity contribution in [1.29, 1.82) is 0 Å². The third kappa shape index (κ3) is 7.83. The number of aromatic nitrogens is 6. The molecule has 20 heteroatoms. The minimum absolute atomic E-state index is 0.0212. The van der Waals surface area contributed by atoms with Crippen molar-refractivity contribution >= 4 is 57.4 Å². The van der Waals surface area contributed by atoms with Gasteiger partial charge in [-0.15, -0.1) is 0 Å². The van der Waals surface area contributed by atoms with Crippen molar-refractivity contribution in [3.8, 4) is 0 Å². The van der Waals surface area contributed by atoms with Gasteiger partial charge < -0.3 is 29.7 Å². The van der Waals surface area contributed by atoms with Crippen LogP contribution in [0.1, 0.15) is 85.1 Å². The normalized spacial score (nSPS) is 24.9. The lowest BCUT2D eigenvalue weighted by Gasteiger charge is -2.38. The van der Waals surface area contributed by atoms with Crippen LogP contribution in [0.5, 0.6) is 0 Å². The Balaban J connectivity index is 0.699. The highest BCUT2D eigenvalue weighted by Crippen LogP contribution is 2.37. The lowest BCUT2D eigenvalue weighted by atomic mass is 9.85. The first-order chi connectivity index (χ1) is 29.6. The van der Waals surface area contributed by atoms with E-state index in [9.17, 15) is 28.0 Å². The Morgan fingerprint density at radius 2 is 1.79 bits per heavy atom. The number of piperidine rings is 1. The molecular formula is C41H46F2N12O6. The number of amides is 4. The van der Waals surface area contributed by atoms with Crippen LogP contribution in [0.25, 0.3) is 16.6 Å². The second kappa shape index (κ2) is 16.2. The number of alkyl halides is 2. The maximum atomic E-state index is 14.3. The Morgan fingerprint density at radius 1 is 0.967 bits per heavy atom. The SMILES string of the molecule is O=C1CC[C@H](c2noc3c(NC(=O)CN4CCN(CC5CCC(n6cc(NC(=O)c7cnn8ccc(N9C[C@@H]%10C[C@H]9CO%10)nc78)c(C(F)F)n6)CC5)CC4)cccc23)C(=O)N1. The van der Waals surface area contributed by atoms with Crippen molar-refractivity contribution in [2.45, 2.75) is 75.5 Å². The van der Waals surface area contributed by atoms with Gasteiger partial charge in [0.1, 0.15) is 17.1 Å². The molecule has 3 atom stereocenters. The van der Waals surface area contributed by atoms with E-state index in [1.54, 1.807) is 29.1 Å². The topological polar surface area (TPSA) is 197 Å². The quantitative estimate of drug-likeness (QED) is 0.163.